The molecule has 1 N–H and O–H groups in total. The number of piperidine rings is 1. The minimum atomic E-state index is 0.404. The second kappa shape index (κ2) is 7.40. The molecule has 5 heteroatoms. The standard InChI is InChI=1S/C14H24N4O/c1-3-6-15-9-12-10-17-14(11-16-12)18-7-4-13(19-2)5-8-18/h10-11,13,15H,3-9H2,1-2H3. The van der Waals surface area contributed by atoms with Crippen LogP contribution in [-0.4, -0.2) is 42.8 Å². The van der Waals surface area contributed by atoms with Crippen LogP contribution in [0, 0.1) is 0 Å². The summed E-state index contributed by atoms with van der Waals surface area (Å²) in [7, 11) is 1.79. The van der Waals surface area contributed by atoms with Crippen LogP contribution in [0.4, 0.5) is 5.82 Å². The van der Waals surface area contributed by atoms with E-state index in [-0.39, 0.29) is 0 Å². The van der Waals surface area contributed by atoms with Gasteiger partial charge in [0.2, 0.25) is 0 Å². The number of nitrogens with zero attached hydrogens (tertiary/aromatic N) is 3. The number of hydrogen-bond donors (Lipinski definition) is 1. The van der Waals surface area contributed by atoms with Gasteiger partial charge in [0.15, 0.2) is 0 Å². The molecule has 0 amide bonds. The molecule has 1 fully saturated rings. The van der Waals surface area contributed by atoms with Gasteiger partial charge in [-0.05, 0) is 25.8 Å². The predicted molar refractivity (Wildman–Crippen MR) is 76.3 cm³/mol. The maximum atomic E-state index is 5.38. The quantitative estimate of drug-likeness (QED) is 0.791. The van der Waals surface area contributed by atoms with Crippen molar-refractivity contribution in [1.82, 2.24) is 15.3 Å². The summed E-state index contributed by atoms with van der Waals surface area (Å²) in [6, 6.07) is 0. The molecule has 0 aliphatic carbocycles. The van der Waals surface area contributed by atoms with Gasteiger partial charge in [-0.3, -0.25) is 4.98 Å². The zero-order valence-electron chi connectivity index (χ0n) is 11.9. The summed E-state index contributed by atoms with van der Waals surface area (Å²) >= 11 is 0. The Hall–Kier alpha value is -1.20. The molecule has 0 saturated carbocycles. The summed E-state index contributed by atoms with van der Waals surface area (Å²) < 4.78 is 5.38. The van der Waals surface area contributed by atoms with E-state index in [1.807, 2.05) is 12.4 Å². The first-order valence-corrected chi connectivity index (χ1v) is 7.13. The summed E-state index contributed by atoms with van der Waals surface area (Å²) in [6.07, 6.45) is 7.44. The maximum absolute atomic E-state index is 5.38. The highest BCUT2D eigenvalue weighted by Crippen LogP contribution is 2.18. The van der Waals surface area contributed by atoms with E-state index in [0.29, 0.717) is 6.10 Å². The minimum Gasteiger partial charge on any atom is -0.381 e. The zero-order valence-corrected chi connectivity index (χ0v) is 11.9. The first kappa shape index (κ1) is 14.2. The summed E-state index contributed by atoms with van der Waals surface area (Å²) in [5, 5.41) is 3.33. The van der Waals surface area contributed by atoms with E-state index < -0.39 is 0 Å². The van der Waals surface area contributed by atoms with Gasteiger partial charge in [-0.15, -0.1) is 0 Å². The topological polar surface area (TPSA) is 50.3 Å². The molecule has 1 aliphatic rings. The number of methoxy groups -OCH3 is 1. The number of hydrogen-bond acceptors (Lipinski definition) is 5. The largest absolute Gasteiger partial charge is 0.381 e. The Morgan fingerprint density at radius 3 is 2.68 bits per heavy atom. The van der Waals surface area contributed by atoms with Gasteiger partial charge in [-0.25, -0.2) is 4.98 Å². The number of rotatable bonds is 6. The van der Waals surface area contributed by atoms with Crippen LogP contribution < -0.4 is 10.2 Å². The smallest absolute Gasteiger partial charge is 0.147 e. The molecular weight excluding hydrogens is 240 g/mol. The SMILES string of the molecule is CCCNCc1cnc(N2CCC(OC)CC2)cn1. The normalized spacial score (nSPS) is 16.8. The molecule has 0 radical (unpaired) electrons. The van der Waals surface area contributed by atoms with E-state index in [1.54, 1.807) is 7.11 Å². The van der Waals surface area contributed by atoms with Crippen molar-refractivity contribution in [3.8, 4) is 0 Å². The fourth-order valence-electron chi connectivity index (χ4n) is 2.32. The van der Waals surface area contributed by atoms with E-state index >= 15 is 0 Å². The number of ether oxygens (including phenoxy) is 1. The van der Waals surface area contributed by atoms with Crippen molar-refractivity contribution in [2.75, 3.05) is 31.6 Å². The Kier molecular flexibility index (Phi) is 5.54. The highest BCUT2D eigenvalue weighted by Gasteiger charge is 2.19. The van der Waals surface area contributed by atoms with Gasteiger partial charge in [0.1, 0.15) is 5.82 Å². The van der Waals surface area contributed by atoms with Crippen LogP contribution in [-0.2, 0) is 11.3 Å². The van der Waals surface area contributed by atoms with Gasteiger partial charge in [-0.1, -0.05) is 6.92 Å². The van der Waals surface area contributed by atoms with E-state index in [9.17, 15) is 0 Å². The van der Waals surface area contributed by atoms with Gasteiger partial charge in [0.05, 0.1) is 24.2 Å². The molecule has 106 valence electrons. The summed E-state index contributed by atoms with van der Waals surface area (Å²) in [6.45, 7) is 5.98. The molecule has 1 aliphatic heterocycles. The molecule has 1 aromatic rings. The summed E-state index contributed by atoms with van der Waals surface area (Å²) in [4.78, 5) is 11.3. The van der Waals surface area contributed by atoms with Gasteiger partial charge in [0, 0.05) is 26.7 Å². The predicted octanol–water partition coefficient (Wildman–Crippen LogP) is 1.59. The summed E-state index contributed by atoms with van der Waals surface area (Å²) in [5.74, 6) is 0.980. The van der Waals surface area contributed by atoms with Crippen molar-refractivity contribution >= 4 is 5.82 Å². The maximum Gasteiger partial charge on any atom is 0.147 e. The fourth-order valence-corrected chi connectivity index (χ4v) is 2.32. The monoisotopic (exact) mass is 264 g/mol. The Balaban J connectivity index is 1.84. The van der Waals surface area contributed by atoms with Crippen LogP contribution in [0.5, 0.6) is 0 Å². The van der Waals surface area contributed by atoms with E-state index in [1.165, 1.54) is 0 Å². The highest BCUT2D eigenvalue weighted by atomic mass is 16.5. The molecule has 0 spiro atoms. The first-order valence-electron chi connectivity index (χ1n) is 7.13. The van der Waals surface area contributed by atoms with Crippen LogP contribution in [0.25, 0.3) is 0 Å². The molecule has 0 bridgehead atoms. The Morgan fingerprint density at radius 1 is 1.32 bits per heavy atom. The van der Waals surface area contributed by atoms with Crippen LogP contribution in [0.3, 0.4) is 0 Å². The minimum absolute atomic E-state index is 0.404. The molecule has 19 heavy (non-hydrogen) atoms. The van der Waals surface area contributed by atoms with Crippen LogP contribution in [0.15, 0.2) is 12.4 Å². The third-order valence-electron chi connectivity index (χ3n) is 3.52. The molecule has 1 aromatic heterocycles. The van der Waals surface area contributed by atoms with Crippen molar-refractivity contribution in [3.63, 3.8) is 0 Å². The Morgan fingerprint density at radius 2 is 2.11 bits per heavy atom. The van der Waals surface area contributed by atoms with Crippen LogP contribution in [0.2, 0.25) is 0 Å². The lowest BCUT2D eigenvalue weighted by molar-refractivity contribution is 0.0818. The molecule has 1 saturated heterocycles. The van der Waals surface area contributed by atoms with Crippen molar-refractivity contribution in [3.05, 3.63) is 18.1 Å². The molecule has 0 atom stereocenters. The molecule has 0 aromatic carbocycles. The average molecular weight is 264 g/mol. The van der Waals surface area contributed by atoms with Gasteiger partial charge >= 0.3 is 0 Å². The second-order valence-corrected chi connectivity index (χ2v) is 4.96. The fraction of sp³-hybridized carbons (Fsp3) is 0.714. The van der Waals surface area contributed by atoms with Gasteiger partial charge < -0.3 is 15.0 Å². The van der Waals surface area contributed by atoms with Crippen molar-refractivity contribution in [2.45, 2.75) is 38.8 Å². The molecule has 2 heterocycles. The second-order valence-electron chi connectivity index (χ2n) is 4.96. The third kappa shape index (κ3) is 4.14. The van der Waals surface area contributed by atoms with Gasteiger partial charge in [0.25, 0.3) is 0 Å². The first-order chi connectivity index (χ1) is 9.33. The van der Waals surface area contributed by atoms with E-state index in [0.717, 1.165) is 57.0 Å². The number of anilines is 1. The lowest BCUT2D eigenvalue weighted by Gasteiger charge is -2.31. The van der Waals surface area contributed by atoms with Crippen LogP contribution in [0.1, 0.15) is 31.9 Å². The average Bonchev–Trinajstić information content (AvgIpc) is 2.48. The van der Waals surface area contributed by atoms with Crippen molar-refractivity contribution in [2.24, 2.45) is 0 Å². The van der Waals surface area contributed by atoms with E-state index in [4.69, 9.17) is 4.74 Å². The molecule has 0 unspecified atom stereocenters. The lowest BCUT2D eigenvalue weighted by atomic mass is 10.1. The highest BCUT2D eigenvalue weighted by molar-refractivity contribution is 5.36. The molecule has 2 rings (SSSR count). The Bertz CT molecular complexity index is 360. The molecule has 5 nitrogen and oxygen atoms in total. The third-order valence-corrected chi connectivity index (χ3v) is 3.52. The van der Waals surface area contributed by atoms with Crippen molar-refractivity contribution in [1.29, 1.82) is 0 Å². The zero-order chi connectivity index (χ0) is 13.5. The lowest BCUT2D eigenvalue weighted by Crippen LogP contribution is -2.37. The van der Waals surface area contributed by atoms with Gasteiger partial charge in [-0.2, -0.15) is 0 Å². The van der Waals surface area contributed by atoms with Crippen LogP contribution >= 0.6 is 0 Å². The molecular formula is C14H24N4O. The summed E-state index contributed by atoms with van der Waals surface area (Å²) in [5.41, 5.74) is 1.00. The Labute approximate surface area is 115 Å². The van der Waals surface area contributed by atoms with Crippen molar-refractivity contribution < 1.29 is 4.74 Å². The number of nitrogens with one attached hydrogen (secondary N) is 1. The van der Waals surface area contributed by atoms with E-state index in [2.05, 4.69) is 27.1 Å². The number of aromatic nitrogens is 2.